The van der Waals surface area contributed by atoms with E-state index in [0.717, 1.165) is 18.9 Å². The van der Waals surface area contributed by atoms with E-state index in [1.54, 1.807) is 16.8 Å². The summed E-state index contributed by atoms with van der Waals surface area (Å²) in [5, 5.41) is 9.46. The number of alkyl halides is 3. The minimum atomic E-state index is -4.81. The van der Waals surface area contributed by atoms with Crippen LogP contribution < -0.4 is 10.9 Å². The fourth-order valence-electron chi connectivity index (χ4n) is 3.66. The first-order valence-corrected chi connectivity index (χ1v) is 9.85. The third-order valence-electron chi connectivity index (χ3n) is 5.74. The van der Waals surface area contributed by atoms with Gasteiger partial charge in [-0.15, -0.1) is 5.10 Å². The molecule has 2 fully saturated rings. The van der Waals surface area contributed by atoms with E-state index < -0.39 is 28.5 Å². The number of hydrogen-bond donors (Lipinski definition) is 2. The molecule has 2 N–H and O–H groups in total. The van der Waals surface area contributed by atoms with E-state index in [-0.39, 0.29) is 23.4 Å². The first-order chi connectivity index (χ1) is 14.1. The number of piperidine rings is 1. The zero-order chi connectivity index (χ0) is 21.7. The maximum Gasteiger partial charge on any atom is 0.432 e. The van der Waals surface area contributed by atoms with Gasteiger partial charge in [-0.05, 0) is 44.1 Å². The van der Waals surface area contributed by atoms with Crippen molar-refractivity contribution in [2.45, 2.75) is 44.8 Å². The summed E-state index contributed by atoms with van der Waals surface area (Å²) >= 11 is 5.63. The minimum Gasteiger partial charge on any atom is -0.403 e. The topological polar surface area (TPSA) is 104 Å². The van der Waals surface area contributed by atoms with Crippen molar-refractivity contribution in [1.29, 1.82) is 0 Å². The van der Waals surface area contributed by atoms with E-state index in [9.17, 15) is 22.8 Å². The smallest absolute Gasteiger partial charge is 0.403 e. The van der Waals surface area contributed by atoms with Crippen molar-refractivity contribution in [3.8, 4) is 11.5 Å². The number of rotatable bonds is 4. The summed E-state index contributed by atoms with van der Waals surface area (Å²) in [6.07, 6.45) is -0.317. The van der Waals surface area contributed by atoms with Crippen LogP contribution in [0.1, 0.15) is 38.3 Å². The molecule has 12 heteroatoms. The Labute approximate surface area is 173 Å². The largest absolute Gasteiger partial charge is 0.432 e. The van der Waals surface area contributed by atoms with Crippen molar-refractivity contribution in [1.82, 2.24) is 20.1 Å². The molecule has 2 aliphatic rings. The number of carbonyl (C=O) groups is 1. The van der Waals surface area contributed by atoms with E-state index >= 15 is 0 Å². The van der Waals surface area contributed by atoms with Crippen LogP contribution in [0.3, 0.4) is 0 Å². The van der Waals surface area contributed by atoms with Crippen LogP contribution in [0.4, 0.5) is 19.2 Å². The molecule has 162 valence electrons. The average molecular weight is 446 g/mol. The van der Waals surface area contributed by atoms with Gasteiger partial charge in [0, 0.05) is 13.1 Å². The highest BCUT2D eigenvalue weighted by atomic mass is 35.5. The lowest BCUT2D eigenvalue weighted by atomic mass is 9.93. The lowest BCUT2D eigenvalue weighted by Crippen LogP contribution is -2.45. The lowest BCUT2D eigenvalue weighted by molar-refractivity contribution is -0.141. The molecule has 3 heterocycles. The molecule has 1 aliphatic heterocycles. The number of hydrogen-bond acceptors (Lipinski definition) is 6. The molecule has 1 saturated heterocycles. The van der Waals surface area contributed by atoms with E-state index in [1.807, 2.05) is 0 Å². The number of halogens is 4. The molecule has 1 spiro atoms. The molecule has 2 aromatic heterocycles. The molecule has 8 nitrogen and oxygen atoms in total. The van der Waals surface area contributed by atoms with Gasteiger partial charge in [-0.3, -0.25) is 9.59 Å². The molecule has 1 atom stereocenters. The van der Waals surface area contributed by atoms with Crippen LogP contribution in [0.25, 0.3) is 11.5 Å². The number of aromatic nitrogens is 3. The predicted octanol–water partition coefficient (Wildman–Crippen LogP) is 3.30. The zero-order valence-corrected chi connectivity index (χ0v) is 16.7. The quantitative estimate of drug-likeness (QED) is 0.748. The van der Waals surface area contributed by atoms with Gasteiger partial charge in [-0.2, -0.15) is 13.2 Å². The van der Waals surface area contributed by atoms with Crippen LogP contribution in [-0.4, -0.2) is 45.1 Å². The number of likely N-dealkylation sites (tertiary alicyclic amines) is 1. The molecule has 30 heavy (non-hydrogen) atoms. The molecular weight excluding hydrogens is 427 g/mol. The fourth-order valence-corrected chi connectivity index (χ4v) is 3.92. The summed E-state index contributed by atoms with van der Waals surface area (Å²) in [6, 6.07) is 0.0364. The van der Waals surface area contributed by atoms with Crippen molar-refractivity contribution in [2.24, 2.45) is 5.41 Å². The third kappa shape index (κ3) is 4.03. The monoisotopic (exact) mass is 445 g/mol. The van der Waals surface area contributed by atoms with Gasteiger partial charge in [-0.25, -0.2) is 0 Å². The number of amides is 1. The first-order valence-electron chi connectivity index (χ1n) is 9.47. The Morgan fingerprint density at radius 3 is 2.57 bits per heavy atom. The number of H-pyrrole nitrogens is 1. The second-order valence-electron chi connectivity index (χ2n) is 7.84. The van der Waals surface area contributed by atoms with Gasteiger partial charge in [0.1, 0.15) is 17.3 Å². The summed E-state index contributed by atoms with van der Waals surface area (Å²) in [5.41, 5.74) is -2.29. The van der Waals surface area contributed by atoms with Crippen molar-refractivity contribution < 1.29 is 22.4 Å². The van der Waals surface area contributed by atoms with Gasteiger partial charge in [0.2, 0.25) is 5.91 Å². The van der Waals surface area contributed by atoms with Crippen molar-refractivity contribution in [3.05, 3.63) is 27.1 Å². The predicted molar refractivity (Wildman–Crippen MR) is 101 cm³/mol. The maximum atomic E-state index is 12.8. The number of nitrogens with one attached hydrogen (secondary N) is 2. The van der Waals surface area contributed by atoms with Gasteiger partial charge in [0.05, 0.1) is 5.02 Å². The maximum absolute atomic E-state index is 12.8. The number of pyridine rings is 1. The Morgan fingerprint density at radius 2 is 1.97 bits per heavy atom. The van der Waals surface area contributed by atoms with E-state index in [2.05, 4.69) is 15.5 Å². The zero-order valence-electron chi connectivity index (χ0n) is 16.0. The van der Waals surface area contributed by atoms with E-state index in [1.165, 1.54) is 12.8 Å². The van der Waals surface area contributed by atoms with Gasteiger partial charge < -0.3 is 19.6 Å². The Morgan fingerprint density at radius 1 is 1.30 bits per heavy atom. The van der Waals surface area contributed by atoms with Gasteiger partial charge in [-0.1, -0.05) is 16.7 Å². The summed E-state index contributed by atoms with van der Waals surface area (Å²) in [4.78, 5) is 28.1. The van der Waals surface area contributed by atoms with Gasteiger partial charge in [0.25, 0.3) is 11.4 Å². The van der Waals surface area contributed by atoms with Crippen LogP contribution >= 0.6 is 11.6 Å². The number of nitrogens with zero attached hydrogens (tertiary/aromatic N) is 3. The minimum absolute atomic E-state index is 0.110. The standard InChI is InChI=1S/C18H19ClF3N5O3/c1-9(15(29)27-6-4-17(2-3-17)5-7-27)23-16-26-25-14(30-16)10-8-11(19)12(18(20,21)22)24-13(10)28/h8-9H,2-7H2,1H3,(H,23,26)(H,24,28)/t9-/m0/s1. The molecule has 0 radical (unpaired) electrons. The van der Waals surface area contributed by atoms with E-state index in [4.69, 9.17) is 16.0 Å². The number of aromatic amines is 1. The Kier molecular flexibility index (Phi) is 5.03. The number of carbonyl (C=O) groups excluding carboxylic acids is 1. The summed E-state index contributed by atoms with van der Waals surface area (Å²) < 4.78 is 43.8. The fraction of sp³-hybridized carbons (Fsp3) is 0.556. The molecule has 1 amide bonds. The highest BCUT2D eigenvalue weighted by Gasteiger charge is 2.45. The summed E-state index contributed by atoms with van der Waals surface area (Å²) in [6.45, 7) is 3.06. The molecular formula is C18H19ClF3N5O3. The SMILES string of the molecule is C[C@H](Nc1nnc(-c2cc(Cl)c(C(F)(F)F)[nH]c2=O)o1)C(=O)N1CCC2(CC1)CC2. The van der Waals surface area contributed by atoms with Gasteiger partial charge >= 0.3 is 12.2 Å². The van der Waals surface area contributed by atoms with Gasteiger partial charge in [0.15, 0.2) is 0 Å². The van der Waals surface area contributed by atoms with Crippen molar-refractivity contribution >= 4 is 23.5 Å². The van der Waals surface area contributed by atoms with Crippen LogP contribution in [-0.2, 0) is 11.0 Å². The molecule has 2 aromatic rings. The Bertz CT molecular complexity index is 1020. The first kappa shape index (κ1) is 20.7. The van der Waals surface area contributed by atoms with Crippen molar-refractivity contribution in [3.63, 3.8) is 0 Å². The van der Waals surface area contributed by atoms with Crippen molar-refractivity contribution in [2.75, 3.05) is 18.4 Å². The van der Waals surface area contributed by atoms with E-state index in [0.29, 0.717) is 18.5 Å². The highest BCUT2D eigenvalue weighted by molar-refractivity contribution is 6.31. The molecule has 0 bridgehead atoms. The third-order valence-corrected chi connectivity index (χ3v) is 6.03. The second kappa shape index (κ2) is 7.29. The van der Waals surface area contributed by atoms with Crippen LogP contribution in [0.2, 0.25) is 5.02 Å². The highest BCUT2D eigenvalue weighted by Crippen LogP contribution is 2.53. The van der Waals surface area contributed by atoms with Crippen LogP contribution in [0.15, 0.2) is 15.3 Å². The Hall–Kier alpha value is -2.56. The molecule has 1 saturated carbocycles. The Balaban J connectivity index is 1.44. The molecule has 0 unspecified atom stereocenters. The number of anilines is 1. The normalized spacial score (nSPS) is 19.0. The van der Waals surface area contributed by atoms with Crippen LogP contribution in [0, 0.1) is 5.41 Å². The second-order valence-corrected chi connectivity index (χ2v) is 8.24. The summed E-state index contributed by atoms with van der Waals surface area (Å²) in [7, 11) is 0. The molecule has 0 aromatic carbocycles. The average Bonchev–Trinajstić information content (AvgIpc) is 3.27. The molecule has 1 aliphatic carbocycles. The lowest BCUT2D eigenvalue weighted by Gasteiger charge is -2.33. The van der Waals surface area contributed by atoms with Crippen LogP contribution in [0.5, 0.6) is 0 Å². The summed E-state index contributed by atoms with van der Waals surface area (Å²) in [5.74, 6) is -0.427. The molecule has 4 rings (SSSR count).